The molecule has 2 N–H and O–H groups in total. The summed E-state index contributed by atoms with van der Waals surface area (Å²) < 4.78 is 0. The summed E-state index contributed by atoms with van der Waals surface area (Å²) in [5.41, 5.74) is 5.94. The van der Waals surface area contributed by atoms with Gasteiger partial charge in [-0.1, -0.05) is 18.2 Å². The number of hydrogen-bond donors (Lipinski definition) is 1. The van der Waals surface area contributed by atoms with Crippen molar-refractivity contribution in [3.8, 4) is 0 Å². The first kappa shape index (κ1) is 9.18. The van der Waals surface area contributed by atoms with Crippen LogP contribution in [-0.2, 0) is 0 Å². The van der Waals surface area contributed by atoms with E-state index in [1.165, 1.54) is 0 Å². The highest BCUT2D eigenvalue weighted by atomic mass is 16.6. The summed E-state index contributed by atoms with van der Waals surface area (Å²) in [5, 5.41) is 10.0. The average Bonchev–Trinajstić information content (AvgIpc) is 2.04. The molecule has 0 amide bonds. The van der Waals surface area contributed by atoms with Crippen molar-refractivity contribution in [3.05, 3.63) is 40.4 Å². The number of nitrogens with zero attached hydrogens (tertiary/aromatic N) is 2. The summed E-state index contributed by atoms with van der Waals surface area (Å²) in [4.78, 5) is 13.4. The molecule has 5 heteroatoms. The fourth-order valence-electron chi connectivity index (χ4n) is 0.836. The van der Waals surface area contributed by atoms with Crippen LogP contribution in [0.3, 0.4) is 0 Å². The van der Waals surface area contributed by atoms with Gasteiger partial charge in [0, 0.05) is 4.92 Å². The first-order valence-corrected chi connectivity index (χ1v) is 3.68. The van der Waals surface area contributed by atoms with Crippen LogP contribution in [0, 0.1) is 10.1 Å². The molecular formula is C8H9N3O2. The minimum Gasteiger partial charge on any atom is -0.382 e. The standard InChI is InChI=1S/C8H9N3O2/c9-8(6-11(12)13)10-7-4-2-1-3-5-7/h1-5H,6H2,(H2,9,10). The molecule has 0 aliphatic heterocycles. The molecule has 1 rings (SSSR count). The Hall–Kier alpha value is -1.91. The monoisotopic (exact) mass is 179 g/mol. The van der Waals surface area contributed by atoms with Gasteiger partial charge < -0.3 is 5.73 Å². The molecule has 5 nitrogen and oxygen atoms in total. The normalized spacial score (nSPS) is 11.2. The van der Waals surface area contributed by atoms with Crippen LogP contribution in [0.2, 0.25) is 0 Å². The van der Waals surface area contributed by atoms with Crippen molar-refractivity contribution in [2.75, 3.05) is 6.54 Å². The maximum Gasteiger partial charge on any atom is 0.260 e. The molecule has 0 bridgehead atoms. The van der Waals surface area contributed by atoms with Crippen molar-refractivity contribution < 1.29 is 4.92 Å². The van der Waals surface area contributed by atoms with E-state index < -0.39 is 11.5 Å². The van der Waals surface area contributed by atoms with Crippen molar-refractivity contribution in [3.63, 3.8) is 0 Å². The Bertz CT molecular complexity index is 321. The Morgan fingerprint density at radius 3 is 2.62 bits per heavy atom. The molecule has 1 aromatic rings. The highest BCUT2D eigenvalue weighted by Gasteiger charge is 2.01. The van der Waals surface area contributed by atoms with E-state index in [1.807, 2.05) is 6.07 Å². The van der Waals surface area contributed by atoms with E-state index >= 15 is 0 Å². The molecule has 0 fully saturated rings. The summed E-state index contributed by atoms with van der Waals surface area (Å²) in [5.74, 6) is 0.0104. The maximum absolute atomic E-state index is 10.0. The van der Waals surface area contributed by atoms with Gasteiger partial charge in [-0.3, -0.25) is 10.1 Å². The number of amidine groups is 1. The van der Waals surface area contributed by atoms with Gasteiger partial charge in [0.05, 0.1) is 5.69 Å². The van der Waals surface area contributed by atoms with E-state index in [4.69, 9.17) is 5.73 Å². The number of para-hydroxylation sites is 1. The van der Waals surface area contributed by atoms with Crippen LogP contribution >= 0.6 is 0 Å². The van der Waals surface area contributed by atoms with Gasteiger partial charge >= 0.3 is 0 Å². The third kappa shape index (κ3) is 3.33. The molecule has 0 radical (unpaired) electrons. The van der Waals surface area contributed by atoms with Crippen LogP contribution in [0.5, 0.6) is 0 Å². The van der Waals surface area contributed by atoms with Gasteiger partial charge in [0.2, 0.25) is 0 Å². The molecule has 0 heterocycles. The van der Waals surface area contributed by atoms with Crippen LogP contribution in [0.1, 0.15) is 0 Å². The zero-order chi connectivity index (χ0) is 9.68. The number of nitrogens with two attached hydrogens (primary N) is 1. The number of rotatable bonds is 3. The van der Waals surface area contributed by atoms with Gasteiger partial charge in [-0.15, -0.1) is 0 Å². The van der Waals surface area contributed by atoms with Gasteiger partial charge in [-0.2, -0.15) is 0 Å². The van der Waals surface area contributed by atoms with E-state index in [2.05, 4.69) is 4.99 Å². The molecule has 0 saturated heterocycles. The molecular weight excluding hydrogens is 170 g/mol. The van der Waals surface area contributed by atoms with Crippen molar-refractivity contribution in [1.29, 1.82) is 0 Å². The Balaban J connectivity index is 2.71. The van der Waals surface area contributed by atoms with Gasteiger partial charge in [0.15, 0.2) is 5.84 Å². The molecule has 1 aromatic carbocycles. The van der Waals surface area contributed by atoms with Crippen molar-refractivity contribution in [1.82, 2.24) is 0 Å². The van der Waals surface area contributed by atoms with E-state index in [0.717, 1.165) is 0 Å². The van der Waals surface area contributed by atoms with Crippen molar-refractivity contribution in [2.24, 2.45) is 10.7 Å². The number of aliphatic imine (C=N–C) groups is 1. The smallest absolute Gasteiger partial charge is 0.260 e. The largest absolute Gasteiger partial charge is 0.382 e. The van der Waals surface area contributed by atoms with Crippen molar-refractivity contribution in [2.45, 2.75) is 0 Å². The quantitative estimate of drug-likeness (QED) is 0.324. The molecule has 13 heavy (non-hydrogen) atoms. The topological polar surface area (TPSA) is 81.5 Å². The molecule has 0 aromatic heterocycles. The van der Waals surface area contributed by atoms with E-state index in [-0.39, 0.29) is 5.84 Å². The Labute approximate surface area is 75.0 Å². The number of hydrogen-bond acceptors (Lipinski definition) is 3. The number of nitro groups is 1. The van der Waals surface area contributed by atoms with Crippen LogP contribution in [0.25, 0.3) is 0 Å². The SMILES string of the molecule is NC(C[N+](=O)[O-])=Nc1ccccc1. The second kappa shape index (κ2) is 4.20. The number of benzene rings is 1. The van der Waals surface area contributed by atoms with Crippen molar-refractivity contribution >= 4 is 11.5 Å². The fraction of sp³-hybridized carbons (Fsp3) is 0.125. The van der Waals surface area contributed by atoms with E-state index in [1.54, 1.807) is 24.3 Å². The predicted octanol–water partition coefficient (Wildman–Crippen LogP) is 0.952. The predicted molar refractivity (Wildman–Crippen MR) is 49.6 cm³/mol. The molecule has 0 unspecified atom stereocenters. The zero-order valence-corrected chi connectivity index (χ0v) is 6.88. The summed E-state index contributed by atoms with van der Waals surface area (Å²) in [6.07, 6.45) is 0. The van der Waals surface area contributed by atoms with Gasteiger partial charge in [0.1, 0.15) is 0 Å². The fourth-order valence-corrected chi connectivity index (χ4v) is 0.836. The molecule has 68 valence electrons. The van der Waals surface area contributed by atoms with Crippen LogP contribution in [0.15, 0.2) is 35.3 Å². The minimum atomic E-state index is -0.512. The summed E-state index contributed by atoms with van der Waals surface area (Å²) in [6.45, 7) is -0.422. The lowest BCUT2D eigenvalue weighted by Crippen LogP contribution is -2.22. The first-order valence-electron chi connectivity index (χ1n) is 3.68. The average molecular weight is 179 g/mol. The molecule has 0 saturated carbocycles. The van der Waals surface area contributed by atoms with Gasteiger partial charge in [-0.25, -0.2) is 4.99 Å². The lowest BCUT2D eigenvalue weighted by Gasteiger charge is -1.94. The van der Waals surface area contributed by atoms with Crippen LogP contribution < -0.4 is 5.73 Å². The minimum absolute atomic E-state index is 0.0104. The molecule has 0 aliphatic carbocycles. The van der Waals surface area contributed by atoms with E-state index in [9.17, 15) is 10.1 Å². The van der Waals surface area contributed by atoms with Crippen LogP contribution in [-0.4, -0.2) is 17.3 Å². The Kier molecular flexibility index (Phi) is 2.97. The second-order valence-electron chi connectivity index (χ2n) is 2.43. The molecule has 0 atom stereocenters. The van der Waals surface area contributed by atoms with E-state index in [0.29, 0.717) is 5.69 Å². The highest BCUT2D eigenvalue weighted by Crippen LogP contribution is 2.08. The zero-order valence-electron chi connectivity index (χ0n) is 6.88. The third-order valence-electron chi connectivity index (χ3n) is 1.32. The van der Waals surface area contributed by atoms with Gasteiger partial charge in [-0.05, 0) is 12.1 Å². The summed E-state index contributed by atoms with van der Waals surface area (Å²) in [6, 6.07) is 8.87. The van der Waals surface area contributed by atoms with Crippen LogP contribution in [0.4, 0.5) is 5.69 Å². The third-order valence-corrected chi connectivity index (χ3v) is 1.32. The Morgan fingerprint density at radius 1 is 1.46 bits per heavy atom. The maximum atomic E-state index is 10.0. The highest BCUT2D eigenvalue weighted by molar-refractivity contribution is 5.83. The summed E-state index contributed by atoms with van der Waals surface area (Å²) in [7, 11) is 0. The first-order chi connectivity index (χ1) is 6.18. The Morgan fingerprint density at radius 2 is 2.08 bits per heavy atom. The molecule has 0 spiro atoms. The second-order valence-corrected chi connectivity index (χ2v) is 2.43. The van der Waals surface area contributed by atoms with Gasteiger partial charge in [0.25, 0.3) is 6.54 Å². The lowest BCUT2D eigenvalue weighted by molar-refractivity contribution is -0.463. The lowest BCUT2D eigenvalue weighted by atomic mass is 10.3. The molecule has 0 aliphatic rings. The summed E-state index contributed by atoms with van der Waals surface area (Å²) >= 11 is 0.